The molecule has 1 aromatic heterocycles. The second-order valence-electron chi connectivity index (χ2n) is 9.11. The van der Waals surface area contributed by atoms with Gasteiger partial charge in [0.05, 0.1) is 32.3 Å². The number of esters is 1. The molecule has 1 fully saturated rings. The van der Waals surface area contributed by atoms with Crippen molar-refractivity contribution in [1.82, 2.24) is 9.55 Å². The summed E-state index contributed by atoms with van der Waals surface area (Å²) in [6.45, 7) is 0.154. The molecule has 1 aliphatic carbocycles. The number of ether oxygens (including phenoxy) is 3. The lowest BCUT2D eigenvalue weighted by molar-refractivity contribution is -0.147. The van der Waals surface area contributed by atoms with Crippen LogP contribution in [0.15, 0.2) is 60.9 Å². The first-order valence-corrected chi connectivity index (χ1v) is 11.6. The van der Waals surface area contributed by atoms with E-state index in [2.05, 4.69) is 4.98 Å². The summed E-state index contributed by atoms with van der Waals surface area (Å²) in [4.78, 5) is 16.1. The maximum atomic E-state index is 13.7. The molecule has 10 heteroatoms. The largest absolute Gasteiger partial charge is 0.496 e. The number of rotatable bonds is 5. The van der Waals surface area contributed by atoms with Gasteiger partial charge in [0.2, 0.25) is 5.82 Å². The van der Waals surface area contributed by atoms with Crippen LogP contribution in [-0.4, -0.2) is 41.9 Å². The summed E-state index contributed by atoms with van der Waals surface area (Å²) >= 11 is 0. The van der Waals surface area contributed by atoms with Crippen LogP contribution >= 0.6 is 0 Å². The van der Waals surface area contributed by atoms with E-state index >= 15 is 0 Å². The highest BCUT2D eigenvalue weighted by atomic mass is 19.4. The third kappa shape index (κ3) is 4.39. The molecule has 5 rings (SSSR count). The minimum atomic E-state index is -4.63. The molecule has 1 saturated carbocycles. The predicted octanol–water partition coefficient (Wildman–Crippen LogP) is 5.56. The number of aromatic nitrogens is 2. The van der Waals surface area contributed by atoms with E-state index in [1.165, 1.54) is 38.6 Å². The van der Waals surface area contributed by atoms with E-state index in [4.69, 9.17) is 14.2 Å². The quantitative estimate of drug-likeness (QED) is 0.328. The number of alkyl halides is 3. The van der Waals surface area contributed by atoms with E-state index in [9.17, 15) is 22.4 Å². The Bertz CT molecular complexity index is 1350. The van der Waals surface area contributed by atoms with Gasteiger partial charge in [0.25, 0.3) is 0 Å². The number of benzene rings is 2. The zero-order valence-electron chi connectivity index (χ0n) is 20.1. The molecule has 3 aromatic rings. The van der Waals surface area contributed by atoms with E-state index < -0.39 is 35.3 Å². The molecule has 3 atom stereocenters. The van der Waals surface area contributed by atoms with Crippen molar-refractivity contribution < 1.29 is 36.6 Å². The first-order chi connectivity index (χ1) is 17.7. The third-order valence-electron chi connectivity index (χ3n) is 7.12. The number of hydrogen-bond donors (Lipinski definition) is 0. The van der Waals surface area contributed by atoms with Gasteiger partial charge in [-0.25, -0.2) is 9.37 Å². The summed E-state index contributed by atoms with van der Waals surface area (Å²) in [7, 11) is 2.81. The molecule has 0 radical (unpaired) electrons. The number of imidazole rings is 1. The molecule has 0 bridgehead atoms. The molecule has 0 N–H and O–H groups in total. The van der Waals surface area contributed by atoms with Gasteiger partial charge in [0, 0.05) is 29.6 Å². The Balaban J connectivity index is 1.58. The van der Waals surface area contributed by atoms with E-state index in [1.807, 2.05) is 6.08 Å². The average molecular weight is 516 g/mol. The molecule has 0 saturated heterocycles. The third-order valence-corrected chi connectivity index (χ3v) is 7.12. The molecule has 1 aliphatic heterocycles. The SMILES string of the molecule is COC(=O)[C@H]1CC[C@]2(C=C(c3cc(-n4ccnc4C(F)(F)F)ccc3OC)CO2)[C@@H]1c1ccc(F)cc1. The molecule has 2 aromatic carbocycles. The van der Waals surface area contributed by atoms with Gasteiger partial charge in [0.1, 0.15) is 11.6 Å². The summed E-state index contributed by atoms with van der Waals surface area (Å²) in [5, 5.41) is 0. The minimum Gasteiger partial charge on any atom is -0.496 e. The van der Waals surface area contributed by atoms with Gasteiger partial charge in [-0.15, -0.1) is 0 Å². The van der Waals surface area contributed by atoms with Crippen LogP contribution in [-0.2, 0) is 20.4 Å². The van der Waals surface area contributed by atoms with Crippen LogP contribution in [0.5, 0.6) is 5.75 Å². The number of nitrogens with zero attached hydrogens (tertiary/aromatic N) is 2. The highest BCUT2D eigenvalue weighted by Gasteiger charge is 2.54. The highest BCUT2D eigenvalue weighted by molar-refractivity contribution is 5.78. The molecular weight excluding hydrogens is 492 g/mol. The Morgan fingerprint density at radius 2 is 1.92 bits per heavy atom. The minimum absolute atomic E-state index is 0.154. The van der Waals surface area contributed by atoms with Crippen molar-refractivity contribution in [1.29, 1.82) is 0 Å². The maximum absolute atomic E-state index is 13.7. The van der Waals surface area contributed by atoms with Crippen molar-refractivity contribution in [3.8, 4) is 11.4 Å². The van der Waals surface area contributed by atoms with Gasteiger partial charge in [-0.3, -0.25) is 9.36 Å². The second kappa shape index (κ2) is 9.33. The van der Waals surface area contributed by atoms with Crippen LogP contribution in [0.1, 0.15) is 35.7 Å². The summed E-state index contributed by atoms with van der Waals surface area (Å²) in [5.74, 6) is -2.28. The lowest BCUT2D eigenvalue weighted by Crippen LogP contribution is -2.34. The predicted molar refractivity (Wildman–Crippen MR) is 126 cm³/mol. The molecule has 1 spiro atoms. The topological polar surface area (TPSA) is 62.6 Å². The monoisotopic (exact) mass is 516 g/mol. The Labute approximate surface area is 210 Å². The van der Waals surface area contributed by atoms with Gasteiger partial charge in [-0.2, -0.15) is 13.2 Å². The highest BCUT2D eigenvalue weighted by Crippen LogP contribution is 2.54. The smallest absolute Gasteiger partial charge is 0.450 e. The van der Waals surface area contributed by atoms with Crippen molar-refractivity contribution in [2.45, 2.75) is 30.5 Å². The number of methoxy groups -OCH3 is 2. The van der Waals surface area contributed by atoms with E-state index in [1.54, 1.807) is 24.3 Å². The Hall–Kier alpha value is -3.66. The maximum Gasteiger partial charge on any atom is 0.450 e. The van der Waals surface area contributed by atoms with Crippen LogP contribution in [0, 0.1) is 11.7 Å². The molecule has 37 heavy (non-hydrogen) atoms. The zero-order valence-corrected chi connectivity index (χ0v) is 20.1. The fourth-order valence-electron chi connectivity index (χ4n) is 5.52. The van der Waals surface area contributed by atoms with Gasteiger partial charge < -0.3 is 14.2 Å². The lowest BCUT2D eigenvalue weighted by Gasteiger charge is -2.31. The number of carbonyl (C=O) groups is 1. The van der Waals surface area contributed by atoms with Crippen molar-refractivity contribution >= 4 is 11.5 Å². The first-order valence-electron chi connectivity index (χ1n) is 11.6. The van der Waals surface area contributed by atoms with Gasteiger partial charge in [0.15, 0.2) is 0 Å². The lowest BCUT2D eigenvalue weighted by atomic mass is 9.79. The van der Waals surface area contributed by atoms with Crippen molar-refractivity contribution in [3.05, 3.63) is 83.7 Å². The molecule has 0 amide bonds. The number of carbonyl (C=O) groups excluding carboxylic acids is 1. The summed E-state index contributed by atoms with van der Waals surface area (Å²) in [5.41, 5.74) is 1.40. The number of hydrogen-bond acceptors (Lipinski definition) is 5. The molecule has 2 heterocycles. The van der Waals surface area contributed by atoms with Crippen LogP contribution in [0.25, 0.3) is 11.3 Å². The van der Waals surface area contributed by atoms with Crippen LogP contribution in [0.4, 0.5) is 17.6 Å². The Morgan fingerprint density at radius 1 is 1.16 bits per heavy atom. The molecular formula is C27H24F4N2O4. The van der Waals surface area contributed by atoms with Crippen molar-refractivity contribution in [2.24, 2.45) is 5.92 Å². The van der Waals surface area contributed by atoms with E-state index in [0.29, 0.717) is 29.7 Å². The normalized spacial score (nSPS) is 23.4. The Kier molecular flexibility index (Phi) is 6.31. The van der Waals surface area contributed by atoms with Crippen molar-refractivity contribution in [3.63, 3.8) is 0 Å². The van der Waals surface area contributed by atoms with Crippen LogP contribution < -0.4 is 4.74 Å². The van der Waals surface area contributed by atoms with Crippen LogP contribution in [0.3, 0.4) is 0 Å². The van der Waals surface area contributed by atoms with Crippen LogP contribution in [0.2, 0.25) is 0 Å². The average Bonchev–Trinajstić information content (AvgIpc) is 3.63. The van der Waals surface area contributed by atoms with E-state index in [0.717, 1.165) is 16.3 Å². The molecule has 2 aliphatic rings. The molecule has 194 valence electrons. The Morgan fingerprint density at radius 3 is 2.59 bits per heavy atom. The molecule has 6 nitrogen and oxygen atoms in total. The standard InChI is InChI=1S/C27H24F4N2O4/c1-35-22-8-7-19(33-12-11-32-25(33)27(29,30)31)13-21(22)17-14-26(37-15-17)10-9-20(24(34)36-2)23(26)16-3-5-18(28)6-4-16/h3-8,11-14,20,23H,9-10,15H2,1-2H3/t20-,23+,26-/m0/s1. The fraction of sp³-hybridized carbons (Fsp3) is 0.333. The molecule has 0 unspecified atom stereocenters. The fourth-order valence-corrected chi connectivity index (χ4v) is 5.52. The first kappa shape index (κ1) is 25.0. The summed E-state index contributed by atoms with van der Waals surface area (Å²) in [6.07, 6.45) is 0.652. The van der Waals surface area contributed by atoms with Gasteiger partial charge in [-0.1, -0.05) is 12.1 Å². The van der Waals surface area contributed by atoms with Gasteiger partial charge in [-0.05, 0) is 60.4 Å². The zero-order chi connectivity index (χ0) is 26.4. The van der Waals surface area contributed by atoms with Crippen molar-refractivity contribution in [2.75, 3.05) is 20.8 Å². The number of halogens is 4. The second-order valence-corrected chi connectivity index (χ2v) is 9.11. The van der Waals surface area contributed by atoms with E-state index in [-0.39, 0.29) is 18.3 Å². The van der Waals surface area contributed by atoms with Gasteiger partial charge >= 0.3 is 12.1 Å². The summed E-state index contributed by atoms with van der Waals surface area (Å²) < 4.78 is 72.0. The summed E-state index contributed by atoms with van der Waals surface area (Å²) in [6, 6.07) is 10.7.